The Labute approximate surface area is 96.1 Å². The van der Waals surface area contributed by atoms with Gasteiger partial charge in [0.25, 0.3) is 0 Å². The third-order valence-electron chi connectivity index (χ3n) is 1.98. The van der Waals surface area contributed by atoms with Crippen LogP contribution in [0.3, 0.4) is 0 Å². The Morgan fingerprint density at radius 1 is 1.00 bits per heavy atom. The van der Waals surface area contributed by atoms with Crippen LogP contribution < -0.4 is 5.32 Å². The summed E-state index contributed by atoms with van der Waals surface area (Å²) in [6.07, 6.45) is 0. The molecule has 76 valence electrons. The number of anilines is 2. The lowest BCUT2D eigenvalue weighted by Crippen LogP contribution is -1.93. The van der Waals surface area contributed by atoms with Crippen LogP contribution >= 0.6 is 15.9 Å². The Morgan fingerprint density at radius 2 is 1.73 bits per heavy atom. The summed E-state index contributed by atoms with van der Waals surface area (Å²) < 4.78 is 14.2. The highest BCUT2D eigenvalue weighted by molar-refractivity contribution is 9.10. The number of hydrogen-bond acceptors (Lipinski definition) is 1. The summed E-state index contributed by atoms with van der Waals surface area (Å²) in [6, 6.07) is 14.3. The number of rotatable bonds is 2. The average Bonchev–Trinajstić information content (AvgIpc) is 2.25. The molecular weight excluding hydrogens is 257 g/mol. The van der Waals surface area contributed by atoms with Gasteiger partial charge in [0, 0.05) is 10.2 Å². The van der Waals surface area contributed by atoms with Crippen molar-refractivity contribution in [3.8, 4) is 0 Å². The Kier molecular flexibility index (Phi) is 3.02. The third-order valence-corrected chi connectivity index (χ3v) is 2.47. The van der Waals surface area contributed by atoms with Crippen molar-refractivity contribution in [2.45, 2.75) is 0 Å². The van der Waals surface area contributed by atoms with Crippen LogP contribution in [0.2, 0.25) is 0 Å². The molecule has 1 N–H and O–H groups in total. The van der Waals surface area contributed by atoms with Gasteiger partial charge < -0.3 is 5.32 Å². The van der Waals surface area contributed by atoms with Gasteiger partial charge in [0.05, 0.1) is 5.69 Å². The maximum absolute atomic E-state index is 13.4. The largest absolute Gasteiger partial charge is 0.353 e. The lowest BCUT2D eigenvalue weighted by molar-refractivity contribution is 0.631. The predicted molar refractivity (Wildman–Crippen MR) is 63.8 cm³/mol. The molecule has 0 spiro atoms. The van der Waals surface area contributed by atoms with Gasteiger partial charge in [-0.15, -0.1) is 0 Å². The smallest absolute Gasteiger partial charge is 0.146 e. The van der Waals surface area contributed by atoms with E-state index in [0.29, 0.717) is 5.69 Å². The van der Waals surface area contributed by atoms with E-state index in [4.69, 9.17) is 0 Å². The fourth-order valence-corrected chi connectivity index (χ4v) is 1.63. The van der Waals surface area contributed by atoms with Crippen molar-refractivity contribution in [3.05, 3.63) is 58.8 Å². The number of hydrogen-bond donors (Lipinski definition) is 1. The summed E-state index contributed by atoms with van der Waals surface area (Å²) in [4.78, 5) is 0. The maximum Gasteiger partial charge on any atom is 0.146 e. The van der Waals surface area contributed by atoms with E-state index in [1.807, 2.05) is 30.3 Å². The number of nitrogens with one attached hydrogen (secondary N) is 1. The number of benzene rings is 2. The molecule has 2 aromatic carbocycles. The third kappa shape index (κ3) is 2.57. The minimum atomic E-state index is -0.262. The van der Waals surface area contributed by atoms with Gasteiger partial charge in [-0.25, -0.2) is 4.39 Å². The second-order valence-corrected chi connectivity index (χ2v) is 4.03. The summed E-state index contributed by atoms with van der Waals surface area (Å²) in [5, 5.41) is 3.01. The normalized spacial score (nSPS) is 10.0. The predicted octanol–water partition coefficient (Wildman–Crippen LogP) is 4.33. The lowest BCUT2D eigenvalue weighted by atomic mass is 10.2. The molecule has 0 aliphatic rings. The van der Waals surface area contributed by atoms with E-state index in [2.05, 4.69) is 21.2 Å². The molecule has 0 aromatic heterocycles. The quantitative estimate of drug-likeness (QED) is 0.852. The molecule has 0 aliphatic heterocycles. The summed E-state index contributed by atoms with van der Waals surface area (Å²) in [6.45, 7) is 0. The maximum atomic E-state index is 13.4. The lowest BCUT2D eigenvalue weighted by Gasteiger charge is -2.07. The van der Waals surface area contributed by atoms with Crippen LogP contribution in [-0.2, 0) is 0 Å². The molecule has 1 nitrogen and oxygen atoms in total. The standard InChI is InChI=1S/C12H9BrFN/c13-9-6-7-11(14)12(8-9)15-10-4-2-1-3-5-10/h1-8,15H. The number of para-hydroxylation sites is 1. The first-order valence-corrected chi connectivity index (χ1v) is 5.32. The Hall–Kier alpha value is -1.35. The van der Waals surface area contributed by atoms with Gasteiger partial charge in [0.1, 0.15) is 5.82 Å². The van der Waals surface area contributed by atoms with Gasteiger partial charge >= 0.3 is 0 Å². The zero-order chi connectivity index (χ0) is 10.7. The van der Waals surface area contributed by atoms with E-state index in [1.165, 1.54) is 6.07 Å². The zero-order valence-electron chi connectivity index (χ0n) is 7.87. The first-order valence-electron chi connectivity index (χ1n) is 4.53. The molecular formula is C12H9BrFN. The monoisotopic (exact) mass is 265 g/mol. The van der Waals surface area contributed by atoms with Crippen molar-refractivity contribution < 1.29 is 4.39 Å². The fourth-order valence-electron chi connectivity index (χ4n) is 1.27. The molecule has 0 saturated heterocycles. The molecule has 15 heavy (non-hydrogen) atoms. The van der Waals surface area contributed by atoms with E-state index in [0.717, 1.165) is 10.2 Å². The highest BCUT2D eigenvalue weighted by Gasteiger charge is 2.02. The van der Waals surface area contributed by atoms with Gasteiger partial charge in [0.2, 0.25) is 0 Å². The summed E-state index contributed by atoms with van der Waals surface area (Å²) in [5.74, 6) is -0.262. The molecule has 0 saturated carbocycles. The van der Waals surface area contributed by atoms with Crippen molar-refractivity contribution in [2.75, 3.05) is 5.32 Å². The molecule has 0 atom stereocenters. The molecule has 0 bridgehead atoms. The average molecular weight is 266 g/mol. The van der Waals surface area contributed by atoms with Crippen molar-refractivity contribution in [2.24, 2.45) is 0 Å². The van der Waals surface area contributed by atoms with Crippen molar-refractivity contribution in [1.29, 1.82) is 0 Å². The van der Waals surface area contributed by atoms with Crippen LogP contribution in [0.1, 0.15) is 0 Å². The molecule has 2 rings (SSSR count). The Bertz CT molecular complexity index is 456. The van der Waals surface area contributed by atoms with Gasteiger partial charge in [-0.3, -0.25) is 0 Å². The zero-order valence-corrected chi connectivity index (χ0v) is 9.46. The van der Waals surface area contributed by atoms with Crippen LogP contribution in [0.4, 0.5) is 15.8 Å². The van der Waals surface area contributed by atoms with Crippen LogP contribution in [-0.4, -0.2) is 0 Å². The Morgan fingerprint density at radius 3 is 2.47 bits per heavy atom. The molecule has 2 aromatic rings. The van der Waals surface area contributed by atoms with Gasteiger partial charge in [-0.1, -0.05) is 34.1 Å². The van der Waals surface area contributed by atoms with Gasteiger partial charge in [-0.2, -0.15) is 0 Å². The molecule has 0 amide bonds. The van der Waals surface area contributed by atoms with E-state index < -0.39 is 0 Å². The first-order chi connectivity index (χ1) is 7.25. The fraction of sp³-hybridized carbons (Fsp3) is 0. The van der Waals surface area contributed by atoms with Crippen LogP contribution in [0.25, 0.3) is 0 Å². The van der Waals surface area contributed by atoms with E-state index in [-0.39, 0.29) is 5.82 Å². The van der Waals surface area contributed by atoms with Crippen LogP contribution in [0.5, 0.6) is 0 Å². The summed E-state index contributed by atoms with van der Waals surface area (Å²) in [7, 11) is 0. The van der Waals surface area contributed by atoms with Gasteiger partial charge in [-0.05, 0) is 30.3 Å². The Balaban J connectivity index is 2.28. The van der Waals surface area contributed by atoms with Crippen LogP contribution in [0.15, 0.2) is 53.0 Å². The topological polar surface area (TPSA) is 12.0 Å². The summed E-state index contributed by atoms with van der Waals surface area (Å²) >= 11 is 3.30. The molecule has 0 aliphatic carbocycles. The van der Waals surface area contributed by atoms with Crippen LogP contribution in [0, 0.1) is 5.82 Å². The minimum absolute atomic E-state index is 0.262. The highest BCUT2D eigenvalue weighted by atomic mass is 79.9. The van der Waals surface area contributed by atoms with E-state index >= 15 is 0 Å². The molecule has 3 heteroatoms. The number of halogens is 2. The molecule has 0 unspecified atom stereocenters. The molecule has 0 fully saturated rings. The second kappa shape index (κ2) is 4.45. The summed E-state index contributed by atoms with van der Waals surface area (Å²) in [5.41, 5.74) is 1.34. The van der Waals surface area contributed by atoms with E-state index in [9.17, 15) is 4.39 Å². The van der Waals surface area contributed by atoms with E-state index in [1.54, 1.807) is 12.1 Å². The van der Waals surface area contributed by atoms with Gasteiger partial charge in [0.15, 0.2) is 0 Å². The highest BCUT2D eigenvalue weighted by Crippen LogP contribution is 2.23. The minimum Gasteiger partial charge on any atom is -0.353 e. The molecule has 0 heterocycles. The van der Waals surface area contributed by atoms with Crippen molar-refractivity contribution >= 4 is 27.3 Å². The van der Waals surface area contributed by atoms with Crippen molar-refractivity contribution in [1.82, 2.24) is 0 Å². The first kappa shape index (κ1) is 10.2. The SMILES string of the molecule is Fc1ccc(Br)cc1Nc1ccccc1. The second-order valence-electron chi connectivity index (χ2n) is 3.12. The molecule has 0 radical (unpaired) electrons. The van der Waals surface area contributed by atoms with Crippen molar-refractivity contribution in [3.63, 3.8) is 0 Å².